The van der Waals surface area contributed by atoms with E-state index in [1.54, 1.807) is 0 Å². The molecule has 0 aliphatic carbocycles. The van der Waals surface area contributed by atoms with Crippen molar-refractivity contribution in [2.45, 2.75) is 45.8 Å². The highest BCUT2D eigenvalue weighted by atomic mass is 19.1. The molecule has 1 heterocycles. The van der Waals surface area contributed by atoms with Gasteiger partial charge in [-0.3, -0.25) is 9.29 Å². The van der Waals surface area contributed by atoms with Gasteiger partial charge in [0, 0.05) is 25.7 Å². The predicted octanol–water partition coefficient (Wildman–Crippen LogP) is 2.48. The van der Waals surface area contributed by atoms with Gasteiger partial charge in [0.1, 0.15) is 0 Å². The lowest BCUT2D eigenvalue weighted by Crippen LogP contribution is -2.34. The molecule has 1 fully saturated rings. The Hall–Kier alpha value is -0.150. The molecule has 0 spiro atoms. The highest BCUT2D eigenvalue weighted by Gasteiger charge is 2.33. The molecule has 2 unspecified atom stereocenters. The monoisotopic (exact) mass is 217 g/mol. The summed E-state index contributed by atoms with van der Waals surface area (Å²) in [7, 11) is 0. The highest BCUT2D eigenvalue weighted by molar-refractivity contribution is 4.87. The van der Waals surface area contributed by atoms with Crippen LogP contribution in [0.15, 0.2) is 0 Å². The molecule has 0 aromatic heterocycles. The number of rotatable bonds is 6. The number of ether oxygens (including phenoxy) is 1. The Kier molecular flexibility index (Phi) is 5.54. The molecule has 1 aliphatic heterocycles. The molecule has 0 N–H and O–H groups in total. The van der Waals surface area contributed by atoms with Crippen LogP contribution in [0.1, 0.15) is 33.6 Å². The second kappa shape index (κ2) is 6.44. The van der Waals surface area contributed by atoms with Crippen LogP contribution < -0.4 is 0 Å². The summed E-state index contributed by atoms with van der Waals surface area (Å²) in [6.45, 7) is 8.95. The zero-order chi connectivity index (χ0) is 11.3. The van der Waals surface area contributed by atoms with Crippen LogP contribution in [0.2, 0.25) is 0 Å². The number of alkyl halides is 1. The Morgan fingerprint density at radius 1 is 1.47 bits per heavy atom. The van der Waals surface area contributed by atoms with Gasteiger partial charge in [-0.1, -0.05) is 13.8 Å². The Morgan fingerprint density at radius 3 is 2.73 bits per heavy atom. The van der Waals surface area contributed by atoms with Crippen molar-refractivity contribution >= 4 is 0 Å². The molecule has 15 heavy (non-hydrogen) atoms. The molecule has 3 heteroatoms. The summed E-state index contributed by atoms with van der Waals surface area (Å²) in [6.07, 6.45) is 2.13. The van der Waals surface area contributed by atoms with Gasteiger partial charge < -0.3 is 4.74 Å². The molecule has 0 aromatic carbocycles. The van der Waals surface area contributed by atoms with E-state index >= 15 is 0 Å². The Morgan fingerprint density at radius 2 is 2.20 bits per heavy atom. The van der Waals surface area contributed by atoms with E-state index in [2.05, 4.69) is 18.7 Å². The normalized spacial score (nSPS) is 27.8. The van der Waals surface area contributed by atoms with E-state index in [9.17, 15) is 4.39 Å². The molecule has 2 nitrogen and oxygen atoms in total. The SMILES string of the molecule is CCOC1CC(C(C)C)N(CCCF)C1. The van der Waals surface area contributed by atoms with Crippen molar-refractivity contribution in [1.29, 1.82) is 0 Å². The molecule has 2 atom stereocenters. The standard InChI is InChI=1S/C12H24FNO/c1-4-15-11-8-12(10(2)3)14(9-11)7-5-6-13/h10-12H,4-9H2,1-3H3. The number of hydrogen-bond acceptors (Lipinski definition) is 2. The Labute approximate surface area is 92.8 Å². The fraction of sp³-hybridized carbons (Fsp3) is 1.00. The molecular weight excluding hydrogens is 193 g/mol. The number of hydrogen-bond donors (Lipinski definition) is 0. The van der Waals surface area contributed by atoms with Crippen molar-refractivity contribution in [3.8, 4) is 0 Å². The molecule has 0 aromatic rings. The van der Waals surface area contributed by atoms with Crippen molar-refractivity contribution in [3.63, 3.8) is 0 Å². The summed E-state index contributed by atoms with van der Waals surface area (Å²) < 4.78 is 17.8. The van der Waals surface area contributed by atoms with Gasteiger partial charge >= 0.3 is 0 Å². The van der Waals surface area contributed by atoms with E-state index in [0.29, 0.717) is 24.5 Å². The topological polar surface area (TPSA) is 12.5 Å². The molecule has 0 radical (unpaired) electrons. The first kappa shape index (κ1) is 12.9. The average molecular weight is 217 g/mol. The highest BCUT2D eigenvalue weighted by Crippen LogP contribution is 2.25. The van der Waals surface area contributed by atoms with Gasteiger partial charge in [-0.25, -0.2) is 0 Å². The number of halogens is 1. The smallest absolute Gasteiger partial charge is 0.0906 e. The van der Waals surface area contributed by atoms with Gasteiger partial charge in [0.25, 0.3) is 0 Å². The van der Waals surface area contributed by atoms with E-state index in [-0.39, 0.29) is 6.67 Å². The van der Waals surface area contributed by atoms with E-state index in [1.807, 2.05) is 6.92 Å². The summed E-state index contributed by atoms with van der Waals surface area (Å²) in [5.41, 5.74) is 0. The summed E-state index contributed by atoms with van der Waals surface area (Å²) in [4.78, 5) is 2.39. The second-order valence-electron chi connectivity index (χ2n) is 4.66. The number of likely N-dealkylation sites (tertiary alicyclic amines) is 1. The fourth-order valence-corrected chi connectivity index (χ4v) is 2.46. The Balaban J connectivity index is 2.44. The van der Waals surface area contributed by atoms with Crippen molar-refractivity contribution in [3.05, 3.63) is 0 Å². The lowest BCUT2D eigenvalue weighted by atomic mass is 10.0. The maximum absolute atomic E-state index is 12.2. The predicted molar refractivity (Wildman–Crippen MR) is 60.8 cm³/mol. The van der Waals surface area contributed by atoms with Crippen LogP contribution in [0.25, 0.3) is 0 Å². The zero-order valence-corrected chi connectivity index (χ0v) is 10.2. The number of nitrogens with zero attached hydrogens (tertiary/aromatic N) is 1. The third-order valence-electron chi connectivity index (χ3n) is 3.16. The Bertz CT molecular complexity index is 175. The molecule has 0 amide bonds. The first-order valence-electron chi connectivity index (χ1n) is 6.10. The summed E-state index contributed by atoms with van der Waals surface area (Å²) >= 11 is 0. The van der Waals surface area contributed by atoms with Crippen LogP contribution in [0.4, 0.5) is 4.39 Å². The van der Waals surface area contributed by atoms with Gasteiger partial charge in [0.15, 0.2) is 0 Å². The van der Waals surface area contributed by atoms with Crippen LogP contribution in [0.3, 0.4) is 0 Å². The van der Waals surface area contributed by atoms with Crippen molar-refractivity contribution in [1.82, 2.24) is 4.90 Å². The fourth-order valence-electron chi connectivity index (χ4n) is 2.46. The van der Waals surface area contributed by atoms with Gasteiger partial charge in [-0.2, -0.15) is 0 Å². The van der Waals surface area contributed by atoms with Crippen molar-refractivity contribution in [2.75, 3.05) is 26.4 Å². The molecular formula is C12H24FNO. The van der Waals surface area contributed by atoms with Gasteiger partial charge in [0.05, 0.1) is 12.8 Å². The summed E-state index contributed by atoms with van der Waals surface area (Å²) in [6, 6.07) is 0.577. The third kappa shape index (κ3) is 3.72. The van der Waals surface area contributed by atoms with Crippen LogP contribution >= 0.6 is 0 Å². The van der Waals surface area contributed by atoms with E-state index < -0.39 is 0 Å². The van der Waals surface area contributed by atoms with Crippen LogP contribution in [0.5, 0.6) is 0 Å². The zero-order valence-electron chi connectivity index (χ0n) is 10.2. The largest absolute Gasteiger partial charge is 0.377 e. The maximum atomic E-state index is 12.2. The van der Waals surface area contributed by atoms with Gasteiger partial charge in [0.2, 0.25) is 0 Å². The molecule has 0 saturated carbocycles. The molecule has 1 saturated heterocycles. The third-order valence-corrected chi connectivity index (χ3v) is 3.16. The summed E-state index contributed by atoms with van der Waals surface area (Å²) in [5.74, 6) is 0.634. The maximum Gasteiger partial charge on any atom is 0.0906 e. The van der Waals surface area contributed by atoms with Gasteiger partial charge in [-0.05, 0) is 25.7 Å². The lowest BCUT2D eigenvalue weighted by molar-refractivity contribution is 0.0686. The van der Waals surface area contributed by atoms with Crippen LogP contribution in [-0.2, 0) is 4.74 Å². The lowest BCUT2D eigenvalue weighted by Gasteiger charge is -2.26. The first-order valence-corrected chi connectivity index (χ1v) is 6.10. The minimum absolute atomic E-state index is 0.208. The minimum Gasteiger partial charge on any atom is -0.377 e. The van der Waals surface area contributed by atoms with Crippen molar-refractivity contribution in [2.24, 2.45) is 5.92 Å². The average Bonchev–Trinajstić information content (AvgIpc) is 2.59. The molecule has 90 valence electrons. The van der Waals surface area contributed by atoms with Crippen molar-refractivity contribution < 1.29 is 9.13 Å². The quantitative estimate of drug-likeness (QED) is 0.677. The first-order chi connectivity index (χ1) is 7.19. The molecule has 1 rings (SSSR count). The van der Waals surface area contributed by atoms with E-state index in [1.165, 1.54) is 0 Å². The van der Waals surface area contributed by atoms with Crippen LogP contribution in [0, 0.1) is 5.92 Å². The molecule has 0 bridgehead atoms. The molecule has 1 aliphatic rings. The van der Waals surface area contributed by atoms with Crippen LogP contribution in [-0.4, -0.2) is 43.4 Å². The second-order valence-corrected chi connectivity index (χ2v) is 4.66. The summed E-state index contributed by atoms with van der Waals surface area (Å²) in [5, 5.41) is 0. The van der Waals surface area contributed by atoms with Gasteiger partial charge in [-0.15, -0.1) is 0 Å². The van der Waals surface area contributed by atoms with E-state index in [4.69, 9.17) is 4.74 Å². The minimum atomic E-state index is -0.208. The van der Waals surface area contributed by atoms with E-state index in [0.717, 1.165) is 26.1 Å².